The van der Waals surface area contributed by atoms with Gasteiger partial charge in [0.25, 0.3) is 5.91 Å². The Morgan fingerprint density at radius 1 is 0.848 bits per heavy atom. The smallest absolute Gasteiger partial charge is 0.254 e. The predicted octanol–water partition coefficient (Wildman–Crippen LogP) is 3.25. The number of methoxy groups -OCH3 is 4. The number of benzene rings is 2. The number of hydrogen-bond acceptors (Lipinski definition) is 6. The molecule has 2 aliphatic heterocycles. The second-order valence-corrected chi connectivity index (χ2v) is 8.28. The van der Waals surface area contributed by atoms with Crippen LogP contribution in [0.1, 0.15) is 46.3 Å². The van der Waals surface area contributed by atoms with Gasteiger partial charge >= 0.3 is 0 Å². The number of carbonyl (C=O) groups is 2. The first-order chi connectivity index (χ1) is 15.9. The first kappa shape index (κ1) is 22.8. The third-order valence-corrected chi connectivity index (χ3v) is 6.61. The van der Waals surface area contributed by atoms with E-state index in [1.165, 1.54) is 7.11 Å². The number of likely N-dealkylation sites (N-methyl/N-ethyl adjacent to an activating group) is 1. The van der Waals surface area contributed by atoms with Gasteiger partial charge in [0, 0.05) is 25.7 Å². The quantitative estimate of drug-likeness (QED) is 0.667. The van der Waals surface area contributed by atoms with Crippen molar-refractivity contribution in [2.24, 2.45) is 0 Å². The number of likely N-dealkylation sites (tertiary alicyclic amines) is 1. The SMILES string of the molecule is COc1ccc([C@@H]2[C@@H](C(=O)N3CCCC3)c3cc(OC)c(OC)cc3C(=O)N2C)cc1OC. The van der Waals surface area contributed by atoms with Crippen molar-refractivity contribution in [3.8, 4) is 23.0 Å². The molecule has 2 heterocycles. The minimum atomic E-state index is -0.598. The Kier molecular flexibility index (Phi) is 6.35. The van der Waals surface area contributed by atoms with Gasteiger partial charge in [0.05, 0.1) is 40.4 Å². The molecular formula is C25H30N2O6. The number of carbonyl (C=O) groups excluding carboxylic acids is 2. The molecule has 0 radical (unpaired) electrons. The lowest BCUT2D eigenvalue weighted by Gasteiger charge is -2.41. The van der Waals surface area contributed by atoms with Crippen LogP contribution in [0.4, 0.5) is 0 Å². The molecule has 0 aliphatic carbocycles. The lowest BCUT2D eigenvalue weighted by molar-refractivity contribution is -0.133. The van der Waals surface area contributed by atoms with Gasteiger partial charge in [0.15, 0.2) is 23.0 Å². The van der Waals surface area contributed by atoms with Crippen LogP contribution in [0, 0.1) is 0 Å². The number of ether oxygens (including phenoxy) is 4. The third kappa shape index (κ3) is 3.83. The van der Waals surface area contributed by atoms with E-state index in [-0.39, 0.29) is 11.8 Å². The zero-order valence-corrected chi connectivity index (χ0v) is 19.7. The number of amides is 2. The van der Waals surface area contributed by atoms with E-state index >= 15 is 0 Å². The summed E-state index contributed by atoms with van der Waals surface area (Å²) in [5.74, 6) is 1.28. The van der Waals surface area contributed by atoms with Crippen molar-refractivity contribution in [1.29, 1.82) is 0 Å². The van der Waals surface area contributed by atoms with Crippen LogP contribution in [0.5, 0.6) is 23.0 Å². The molecule has 0 bridgehead atoms. The highest BCUT2D eigenvalue weighted by Crippen LogP contribution is 2.47. The second-order valence-electron chi connectivity index (χ2n) is 8.28. The Morgan fingerprint density at radius 3 is 2.03 bits per heavy atom. The molecule has 0 spiro atoms. The fourth-order valence-corrected chi connectivity index (χ4v) is 4.90. The maximum Gasteiger partial charge on any atom is 0.254 e. The maximum atomic E-state index is 13.9. The van der Waals surface area contributed by atoms with E-state index in [0.29, 0.717) is 47.2 Å². The van der Waals surface area contributed by atoms with Gasteiger partial charge < -0.3 is 28.7 Å². The Morgan fingerprint density at radius 2 is 1.42 bits per heavy atom. The Labute approximate surface area is 194 Å². The van der Waals surface area contributed by atoms with Gasteiger partial charge in [-0.2, -0.15) is 0 Å². The Hall–Kier alpha value is -3.42. The predicted molar refractivity (Wildman–Crippen MR) is 122 cm³/mol. The molecule has 1 saturated heterocycles. The molecule has 8 heteroatoms. The van der Waals surface area contributed by atoms with Crippen molar-refractivity contribution in [3.05, 3.63) is 47.0 Å². The molecule has 8 nitrogen and oxygen atoms in total. The van der Waals surface area contributed by atoms with Crippen LogP contribution in [-0.4, -0.2) is 70.2 Å². The number of rotatable bonds is 6. The number of nitrogens with zero attached hydrogens (tertiary/aromatic N) is 2. The van der Waals surface area contributed by atoms with Gasteiger partial charge in [-0.15, -0.1) is 0 Å². The third-order valence-electron chi connectivity index (χ3n) is 6.61. The first-order valence-corrected chi connectivity index (χ1v) is 11.0. The zero-order chi connectivity index (χ0) is 23.7. The van der Waals surface area contributed by atoms with Crippen molar-refractivity contribution in [1.82, 2.24) is 9.80 Å². The van der Waals surface area contributed by atoms with Crippen molar-refractivity contribution in [3.63, 3.8) is 0 Å². The largest absolute Gasteiger partial charge is 0.493 e. The lowest BCUT2D eigenvalue weighted by atomic mass is 9.78. The Balaban J connectivity index is 1.92. The van der Waals surface area contributed by atoms with Gasteiger partial charge in [0.2, 0.25) is 5.91 Å². The lowest BCUT2D eigenvalue weighted by Crippen LogP contribution is -2.46. The normalized spacial score (nSPS) is 19.8. The highest BCUT2D eigenvalue weighted by Gasteiger charge is 2.45. The summed E-state index contributed by atoms with van der Waals surface area (Å²) in [7, 11) is 7.94. The van der Waals surface area contributed by atoms with Gasteiger partial charge in [-0.1, -0.05) is 6.07 Å². The van der Waals surface area contributed by atoms with E-state index in [2.05, 4.69) is 0 Å². The van der Waals surface area contributed by atoms with Crippen LogP contribution in [-0.2, 0) is 4.79 Å². The highest BCUT2D eigenvalue weighted by molar-refractivity contribution is 6.02. The van der Waals surface area contributed by atoms with Crippen molar-refractivity contribution in [2.75, 3.05) is 48.6 Å². The molecule has 1 fully saturated rings. The minimum Gasteiger partial charge on any atom is -0.493 e. The van der Waals surface area contributed by atoms with Crippen LogP contribution in [0.15, 0.2) is 30.3 Å². The molecule has 0 aromatic heterocycles. The molecule has 0 N–H and O–H groups in total. The molecule has 2 aromatic rings. The van der Waals surface area contributed by atoms with E-state index in [1.807, 2.05) is 17.0 Å². The average Bonchev–Trinajstić information content (AvgIpc) is 3.39. The molecule has 0 saturated carbocycles. The molecule has 4 rings (SSSR count). The number of hydrogen-bond donors (Lipinski definition) is 0. The fourth-order valence-electron chi connectivity index (χ4n) is 4.90. The zero-order valence-electron chi connectivity index (χ0n) is 19.7. The average molecular weight is 455 g/mol. The first-order valence-electron chi connectivity index (χ1n) is 11.0. The summed E-state index contributed by atoms with van der Waals surface area (Å²) in [5, 5.41) is 0. The fraction of sp³-hybridized carbons (Fsp3) is 0.440. The van der Waals surface area contributed by atoms with Crippen molar-refractivity contribution >= 4 is 11.8 Å². The van der Waals surface area contributed by atoms with E-state index in [1.54, 1.807) is 51.5 Å². The minimum absolute atomic E-state index is 0.0000970. The second kappa shape index (κ2) is 9.21. The number of fused-ring (bicyclic) bond motifs is 1. The summed E-state index contributed by atoms with van der Waals surface area (Å²) in [6.07, 6.45) is 1.96. The van der Waals surface area contributed by atoms with E-state index < -0.39 is 12.0 Å². The molecule has 0 unspecified atom stereocenters. The Bertz CT molecular complexity index is 1060. The van der Waals surface area contributed by atoms with Crippen molar-refractivity contribution in [2.45, 2.75) is 24.8 Å². The van der Waals surface area contributed by atoms with Crippen LogP contribution >= 0.6 is 0 Å². The summed E-state index contributed by atoms with van der Waals surface area (Å²) in [6, 6.07) is 8.44. The summed E-state index contributed by atoms with van der Waals surface area (Å²) >= 11 is 0. The molecule has 2 atom stereocenters. The molecule has 2 amide bonds. The van der Waals surface area contributed by atoms with E-state index in [0.717, 1.165) is 18.4 Å². The molecule has 2 aromatic carbocycles. The van der Waals surface area contributed by atoms with Crippen LogP contribution in [0.25, 0.3) is 0 Å². The van der Waals surface area contributed by atoms with Gasteiger partial charge in [-0.05, 0) is 48.2 Å². The highest BCUT2D eigenvalue weighted by atomic mass is 16.5. The topological polar surface area (TPSA) is 77.5 Å². The maximum absolute atomic E-state index is 13.9. The summed E-state index contributed by atoms with van der Waals surface area (Å²) < 4.78 is 21.8. The summed E-state index contributed by atoms with van der Waals surface area (Å²) in [5.41, 5.74) is 1.89. The monoisotopic (exact) mass is 454 g/mol. The van der Waals surface area contributed by atoms with Gasteiger partial charge in [-0.25, -0.2) is 0 Å². The van der Waals surface area contributed by atoms with Gasteiger partial charge in [0.1, 0.15) is 0 Å². The van der Waals surface area contributed by atoms with E-state index in [9.17, 15) is 9.59 Å². The molecule has 33 heavy (non-hydrogen) atoms. The van der Waals surface area contributed by atoms with E-state index in [4.69, 9.17) is 18.9 Å². The molecular weight excluding hydrogens is 424 g/mol. The van der Waals surface area contributed by atoms with Gasteiger partial charge in [-0.3, -0.25) is 9.59 Å². The summed E-state index contributed by atoms with van der Waals surface area (Å²) in [6.45, 7) is 1.43. The molecule has 2 aliphatic rings. The van der Waals surface area contributed by atoms with Crippen LogP contribution in [0.2, 0.25) is 0 Å². The summed E-state index contributed by atoms with van der Waals surface area (Å²) in [4.78, 5) is 30.9. The van der Waals surface area contributed by atoms with Crippen LogP contribution < -0.4 is 18.9 Å². The van der Waals surface area contributed by atoms with Crippen molar-refractivity contribution < 1.29 is 28.5 Å². The standard InChI is InChI=1S/C25H30N2O6/c1-26-23(15-8-9-18(30-2)19(12-15)31-3)22(25(29)27-10-6-7-11-27)16-13-20(32-4)21(33-5)14-17(16)24(26)28/h8-9,12-14,22-23H,6-7,10-11H2,1-5H3/t22-,23+/m0/s1. The molecule has 176 valence electrons. The van der Waals surface area contributed by atoms with Crippen LogP contribution in [0.3, 0.4) is 0 Å².